The monoisotopic (exact) mass is 155 g/mol. The molecule has 64 valence electrons. The van der Waals surface area contributed by atoms with Crippen molar-refractivity contribution in [1.82, 2.24) is 5.32 Å². The molecule has 0 bridgehead atoms. The Balaban J connectivity index is 1.72. The van der Waals surface area contributed by atoms with Gasteiger partial charge in [-0.1, -0.05) is 0 Å². The van der Waals surface area contributed by atoms with Crippen molar-refractivity contribution in [3.63, 3.8) is 0 Å². The molecule has 2 rings (SSSR count). The highest BCUT2D eigenvalue weighted by molar-refractivity contribution is 4.92. The first-order valence-electron chi connectivity index (χ1n) is 4.77. The molecule has 2 heteroatoms. The van der Waals surface area contributed by atoms with Crippen LogP contribution in [-0.2, 0) is 0 Å². The summed E-state index contributed by atoms with van der Waals surface area (Å²) in [5.41, 5.74) is 0. The lowest BCUT2D eigenvalue weighted by Crippen LogP contribution is -2.33. The molecule has 0 aromatic rings. The summed E-state index contributed by atoms with van der Waals surface area (Å²) in [5, 5.41) is 12.4. The topological polar surface area (TPSA) is 32.3 Å². The van der Waals surface area contributed by atoms with Gasteiger partial charge in [-0.15, -0.1) is 0 Å². The minimum atomic E-state index is 0.348. The van der Waals surface area contributed by atoms with E-state index in [1.54, 1.807) is 0 Å². The van der Waals surface area contributed by atoms with E-state index in [9.17, 15) is 0 Å². The molecule has 0 spiro atoms. The van der Waals surface area contributed by atoms with Crippen LogP contribution >= 0.6 is 0 Å². The molecule has 0 aromatic carbocycles. The molecule has 11 heavy (non-hydrogen) atoms. The van der Waals surface area contributed by atoms with Gasteiger partial charge in [0, 0.05) is 18.7 Å². The normalized spacial score (nSPS) is 27.0. The maximum atomic E-state index is 8.81. The molecule has 0 aromatic heterocycles. The fraction of sp³-hybridized carbons (Fsp3) is 1.00. The molecule has 0 heterocycles. The maximum Gasteiger partial charge on any atom is 0.0445 e. The summed E-state index contributed by atoms with van der Waals surface area (Å²) in [6.07, 6.45) is 6.43. The second-order valence-corrected chi connectivity index (χ2v) is 3.90. The predicted molar refractivity (Wildman–Crippen MR) is 44.4 cm³/mol. The maximum absolute atomic E-state index is 8.81. The Labute approximate surface area is 68.0 Å². The molecule has 2 N–H and O–H groups in total. The molecule has 2 aliphatic rings. The zero-order chi connectivity index (χ0) is 7.68. The highest BCUT2D eigenvalue weighted by Gasteiger charge is 2.34. The molecule has 0 aliphatic heterocycles. The van der Waals surface area contributed by atoms with E-state index in [0.717, 1.165) is 18.4 Å². The van der Waals surface area contributed by atoms with Gasteiger partial charge in [-0.2, -0.15) is 0 Å². The molecule has 1 atom stereocenters. The van der Waals surface area contributed by atoms with Crippen molar-refractivity contribution in [3.8, 4) is 0 Å². The molecule has 2 nitrogen and oxygen atoms in total. The molecule has 2 saturated carbocycles. The lowest BCUT2D eigenvalue weighted by Gasteiger charge is -2.15. The molecule has 0 radical (unpaired) electrons. The lowest BCUT2D eigenvalue weighted by molar-refractivity contribution is 0.255. The molecule has 1 unspecified atom stereocenters. The van der Waals surface area contributed by atoms with Gasteiger partial charge < -0.3 is 10.4 Å². The number of aliphatic hydroxyl groups is 1. The zero-order valence-electron chi connectivity index (χ0n) is 6.92. The molecule has 0 amide bonds. The lowest BCUT2D eigenvalue weighted by atomic mass is 10.1. The van der Waals surface area contributed by atoms with Gasteiger partial charge in [0.25, 0.3) is 0 Å². The minimum absolute atomic E-state index is 0.348. The predicted octanol–water partition coefficient (Wildman–Crippen LogP) is 0.899. The summed E-state index contributed by atoms with van der Waals surface area (Å²) >= 11 is 0. The van der Waals surface area contributed by atoms with E-state index in [-0.39, 0.29) is 0 Å². The molecular formula is C9H17NO. The number of rotatable bonds is 5. The van der Waals surface area contributed by atoms with Gasteiger partial charge in [-0.25, -0.2) is 0 Å². The second-order valence-electron chi connectivity index (χ2n) is 3.90. The quantitative estimate of drug-likeness (QED) is 0.618. The summed E-state index contributed by atoms with van der Waals surface area (Å²) < 4.78 is 0. The first-order valence-corrected chi connectivity index (χ1v) is 4.77. The largest absolute Gasteiger partial charge is 0.396 e. The first-order chi connectivity index (χ1) is 5.40. The summed E-state index contributed by atoms with van der Waals surface area (Å²) in [6, 6.07) is 1.43. The summed E-state index contributed by atoms with van der Waals surface area (Å²) in [4.78, 5) is 0. The van der Waals surface area contributed by atoms with Crippen LogP contribution in [0.1, 0.15) is 32.1 Å². The average Bonchev–Trinajstić information content (AvgIpc) is 2.84. The number of hydrogen-bond acceptors (Lipinski definition) is 2. The number of aliphatic hydroxyl groups excluding tert-OH is 1. The summed E-state index contributed by atoms with van der Waals surface area (Å²) in [6.45, 7) is 0.348. The van der Waals surface area contributed by atoms with Gasteiger partial charge in [0.15, 0.2) is 0 Å². The van der Waals surface area contributed by atoms with Crippen LogP contribution in [0, 0.1) is 5.92 Å². The Morgan fingerprint density at radius 2 is 2.00 bits per heavy atom. The second kappa shape index (κ2) is 3.11. The Kier molecular flexibility index (Phi) is 2.14. The van der Waals surface area contributed by atoms with E-state index >= 15 is 0 Å². The molecule has 2 aliphatic carbocycles. The van der Waals surface area contributed by atoms with Crippen LogP contribution in [0.3, 0.4) is 0 Å². The van der Waals surface area contributed by atoms with Crippen LogP contribution < -0.4 is 5.32 Å². The fourth-order valence-corrected chi connectivity index (χ4v) is 1.65. The van der Waals surface area contributed by atoms with E-state index in [1.807, 2.05) is 0 Å². The third kappa shape index (κ3) is 2.17. The summed E-state index contributed by atoms with van der Waals surface area (Å²) in [7, 11) is 0. The first kappa shape index (κ1) is 7.56. The van der Waals surface area contributed by atoms with Gasteiger partial charge in [0.2, 0.25) is 0 Å². The van der Waals surface area contributed by atoms with Gasteiger partial charge in [-0.05, 0) is 38.0 Å². The van der Waals surface area contributed by atoms with Crippen LogP contribution in [0.25, 0.3) is 0 Å². The zero-order valence-corrected chi connectivity index (χ0v) is 6.92. The average molecular weight is 155 g/mol. The number of nitrogens with one attached hydrogen (secondary N) is 1. The smallest absolute Gasteiger partial charge is 0.0445 e. The van der Waals surface area contributed by atoms with Crippen LogP contribution in [0.15, 0.2) is 0 Å². The van der Waals surface area contributed by atoms with Gasteiger partial charge >= 0.3 is 0 Å². The highest BCUT2D eigenvalue weighted by Crippen LogP contribution is 2.35. The van der Waals surface area contributed by atoms with E-state index in [4.69, 9.17) is 5.11 Å². The van der Waals surface area contributed by atoms with Crippen molar-refractivity contribution >= 4 is 0 Å². The van der Waals surface area contributed by atoms with Crippen molar-refractivity contribution in [2.24, 2.45) is 5.92 Å². The van der Waals surface area contributed by atoms with E-state index < -0.39 is 0 Å². The van der Waals surface area contributed by atoms with Crippen LogP contribution in [0.4, 0.5) is 0 Å². The highest BCUT2D eigenvalue weighted by atomic mass is 16.3. The van der Waals surface area contributed by atoms with E-state index in [1.165, 1.54) is 25.7 Å². The van der Waals surface area contributed by atoms with Gasteiger partial charge in [0.05, 0.1) is 0 Å². The van der Waals surface area contributed by atoms with Gasteiger partial charge in [-0.3, -0.25) is 0 Å². The van der Waals surface area contributed by atoms with Crippen LogP contribution in [0.2, 0.25) is 0 Å². The molecule has 2 fully saturated rings. The Hall–Kier alpha value is -0.0800. The van der Waals surface area contributed by atoms with Crippen molar-refractivity contribution in [1.29, 1.82) is 0 Å². The Bertz CT molecular complexity index is 130. The van der Waals surface area contributed by atoms with Crippen LogP contribution in [-0.4, -0.2) is 23.8 Å². The van der Waals surface area contributed by atoms with E-state index in [0.29, 0.717) is 12.6 Å². The fourth-order valence-electron chi connectivity index (χ4n) is 1.65. The van der Waals surface area contributed by atoms with Crippen molar-refractivity contribution < 1.29 is 5.11 Å². The van der Waals surface area contributed by atoms with Crippen molar-refractivity contribution in [3.05, 3.63) is 0 Å². The van der Waals surface area contributed by atoms with E-state index in [2.05, 4.69) is 5.32 Å². The third-order valence-corrected chi connectivity index (χ3v) is 2.66. The molecule has 0 saturated heterocycles. The minimum Gasteiger partial charge on any atom is -0.396 e. The Morgan fingerprint density at radius 1 is 1.27 bits per heavy atom. The van der Waals surface area contributed by atoms with Crippen LogP contribution in [0.5, 0.6) is 0 Å². The van der Waals surface area contributed by atoms with Gasteiger partial charge in [0.1, 0.15) is 0 Å². The third-order valence-electron chi connectivity index (χ3n) is 2.66. The number of hydrogen-bond donors (Lipinski definition) is 2. The van der Waals surface area contributed by atoms with Crippen molar-refractivity contribution in [2.45, 2.75) is 44.2 Å². The molecular weight excluding hydrogens is 138 g/mol. The SMILES string of the molecule is OCCC(NC1CC1)C1CC1. The summed E-state index contributed by atoms with van der Waals surface area (Å²) in [5.74, 6) is 0.891. The Morgan fingerprint density at radius 3 is 2.45 bits per heavy atom. The standard InChI is InChI=1S/C9H17NO/c11-6-5-9(7-1-2-7)10-8-3-4-8/h7-11H,1-6H2. The van der Waals surface area contributed by atoms with Crippen molar-refractivity contribution in [2.75, 3.05) is 6.61 Å².